The number of anilines is 2. The highest BCUT2D eigenvalue weighted by atomic mass is 19.4. The topological polar surface area (TPSA) is 146 Å². The second-order valence-corrected chi connectivity index (χ2v) is 9.60. The first-order chi connectivity index (χ1) is 18.3. The van der Waals surface area contributed by atoms with Crippen LogP contribution < -0.4 is 16.0 Å². The van der Waals surface area contributed by atoms with E-state index < -0.39 is 34.6 Å². The van der Waals surface area contributed by atoms with Crippen LogP contribution in [0.1, 0.15) is 43.1 Å². The maximum Gasteiger partial charge on any atom is 0.418 e. The van der Waals surface area contributed by atoms with E-state index in [4.69, 9.17) is 10.8 Å². The number of piperazine rings is 1. The first-order valence-electron chi connectivity index (χ1n) is 12.1. The van der Waals surface area contributed by atoms with Gasteiger partial charge in [0.15, 0.2) is 5.82 Å². The molecule has 3 heterocycles. The number of hydrogen-bond donors (Lipinski definition) is 3. The van der Waals surface area contributed by atoms with Crippen molar-refractivity contribution in [3.8, 4) is 11.3 Å². The number of nitrogens with zero attached hydrogens (tertiary/aromatic N) is 5. The molecule has 3 amide bonds. The number of aliphatic hydroxyl groups excluding tert-OH is 1. The monoisotopic (exact) mass is 547 g/mol. The Balaban J connectivity index is 1.89. The van der Waals surface area contributed by atoms with Gasteiger partial charge in [-0.15, -0.1) is 0 Å². The fourth-order valence-corrected chi connectivity index (χ4v) is 4.78. The number of benzene rings is 1. The van der Waals surface area contributed by atoms with Crippen molar-refractivity contribution in [3.63, 3.8) is 0 Å². The lowest BCUT2D eigenvalue weighted by atomic mass is 9.95. The lowest BCUT2D eigenvalue weighted by molar-refractivity contribution is -0.145. The number of nitrogen functional groups attached to an aromatic ring is 1. The van der Waals surface area contributed by atoms with E-state index in [0.717, 1.165) is 16.9 Å². The molecule has 208 valence electrons. The van der Waals surface area contributed by atoms with E-state index in [1.54, 1.807) is 13.8 Å². The van der Waals surface area contributed by atoms with Gasteiger partial charge in [0, 0.05) is 38.7 Å². The van der Waals surface area contributed by atoms with E-state index in [-0.39, 0.29) is 60.5 Å². The van der Waals surface area contributed by atoms with E-state index in [0.29, 0.717) is 6.42 Å². The van der Waals surface area contributed by atoms with E-state index in [2.05, 4.69) is 15.4 Å². The molecule has 1 aromatic carbocycles. The van der Waals surface area contributed by atoms with Crippen LogP contribution in [0, 0.1) is 0 Å². The molecule has 4 rings (SSSR count). The zero-order valence-electron chi connectivity index (χ0n) is 21.5. The molecule has 0 spiro atoms. The molecular weight excluding hydrogens is 519 g/mol. The molecule has 0 radical (unpaired) electrons. The van der Waals surface area contributed by atoms with Crippen LogP contribution in [-0.4, -0.2) is 74.1 Å². The van der Waals surface area contributed by atoms with Crippen LogP contribution in [0.25, 0.3) is 16.8 Å². The zero-order valence-corrected chi connectivity index (χ0v) is 21.5. The average molecular weight is 548 g/mol. The number of nitrogens with two attached hydrogens (primary N) is 1. The number of alkyl halides is 3. The van der Waals surface area contributed by atoms with E-state index >= 15 is 0 Å². The van der Waals surface area contributed by atoms with Gasteiger partial charge in [0.1, 0.15) is 17.4 Å². The summed E-state index contributed by atoms with van der Waals surface area (Å²) in [5.74, 6) is -1.65. The molecule has 1 fully saturated rings. The standard InChI is InChI=1S/C25H28F3N7O4/c1-14(37)34-9-8-33(23(39)24(34,2)3)19-11-15(5-6-16(19)22(38)30-7-4-10-36)18-12-17(25(26,27)28)20-21(29)31-13-32-35(18)20/h5-6,11-13,36H,4,7-10H2,1-3H3,(H,30,38)(H2,29,31,32). The Hall–Kier alpha value is -4.20. The lowest BCUT2D eigenvalue weighted by Gasteiger charge is -2.45. The maximum absolute atomic E-state index is 13.9. The summed E-state index contributed by atoms with van der Waals surface area (Å²) < 4.78 is 42.6. The molecule has 11 nitrogen and oxygen atoms in total. The fraction of sp³-hybridized carbons (Fsp3) is 0.400. The number of nitrogens with one attached hydrogen (secondary N) is 1. The molecule has 4 N–H and O–H groups in total. The van der Waals surface area contributed by atoms with Crippen molar-refractivity contribution in [1.82, 2.24) is 24.8 Å². The van der Waals surface area contributed by atoms with Gasteiger partial charge in [-0.2, -0.15) is 18.3 Å². The Kier molecular flexibility index (Phi) is 7.25. The Bertz CT molecular complexity index is 1450. The van der Waals surface area contributed by atoms with Crippen molar-refractivity contribution in [1.29, 1.82) is 0 Å². The molecular formula is C25H28F3N7O4. The Morgan fingerprint density at radius 1 is 1.21 bits per heavy atom. The average Bonchev–Trinajstić information content (AvgIpc) is 3.27. The highest BCUT2D eigenvalue weighted by Crippen LogP contribution is 2.40. The molecule has 1 saturated heterocycles. The number of amides is 3. The largest absolute Gasteiger partial charge is 0.418 e. The van der Waals surface area contributed by atoms with Crippen LogP contribution in [0.15, 0.2) is 30.6 Å². The zero-order chi connectivity index (χ0) is 28.7. The molecule has 39 heavy (non-hydrogen) atoms. The molecule has 0 unspecified atom stereocenters. The van der Waals surface area contributed by atoms with Gasteiger partial charge in [-0.05, 0) is 38.5 Å². The van der Waals surface area contributed by atoms with Crippen molar-refractivity contribution in [3.05, 3.63) is 41.7 Å². The molecule has 3 aromatic rings. The molecule has 0 saturated carbocycles. The highest BCUT2D eigenvalue weighted by molar-refractivity contribution is 6.09. The van der Waals surface area contributed by atoms with Gasteiger partial charge in [0.25, 0.3) is 11.8 Å². The first-order valence-corrected chi connectivity index (χ1v) is 12.1. The first kappa shape index (κ1) is 27.8. The van der Waals surface area contributed by atoms with E-state index in [1.165, 1.54) is 34.9 Å². The van der Waals surface area contributed by atoms with Gasteiger partial charge < -0.3 is 26.0 Å². The number of carbonyl (C=O) groups excluding carboxylic acids is 3. The lowest BCUT2D eigenvalue weighted by Crippen LogP contribution is -2.64. The minimum absolute atomic E-state index is 0.0222. The predicted molar refractivity (Wildman–Crippen MR) is 136 cm³/mol. The number of rotatable bonds is 6. The third kappa shape index (κ3) is 4.99. The van der Waals surface area contributed by atoms with Crippen molar-refractivity contribution in [2.24, 2.45) is 0 Å². The van der Waals surface area contributed by atoms with Gasteiger partial charge in [-0.3, -0.25) is 14.4 Å². The summed E-state index contributed by atoms with van der Waals surface area (Å²) in [5, 5.41) is 15.7. The molecule has 14 heteroatoms. The number of halogens is 3. The Morgan fingerprint density at radius 2 is 1.92 bits per heavy atom. The van der Waals surface area contributed by atoms with Crippen LogP contribution in [-0.2, 0) is 15.8 Å². The van der Waals surface area contributed by atoms with Gasteiger partial charge in [0.05, 0.1) is 22.5 Å². The van der Waals surface area contributed by atoms with Gasteiger partial charge in [0.2, 0.25) is 5.91 Å². The fourth-order valence-electron chi connectivity index (χ4n) is 4.78. The summed E-state index contributed by atoms with van der Waals surface area (Å²) in [6.07, 6.45) is -3.41. The quantitative estimate of drug-likeness (QED) is 0.401. The van der Waals surface area contributed by atoms with Crippen LogP contribution in [0.4, 0.5) is 24.7 Å². The summed E-state index contributed by atoms with van der Waals surface area (Å²) in [7, 11) is 0. The summed E-state index contributed by atoms with van der Waals surface area (Å²) in [6, 6.07) is 5.19. The van der Waals surface area contributed by atoms with Gasteiger partial charge in [-0.1, -0.05) is 6.07 Å². The SMILES string of the molecule is CC(=O)N1CCN(c2cc(-c3cc(C(F)(F)F)c4c(N)ncnn34)ccc2C(=O)NCCCO)C(=O)C1(C)C. The minimum Gasteiger partial charge on any atom is -0.396 e. The molecule has 0 aliphatic carbocycles. The second-order valence-electron chi connectivity index (χ2n) is 9.60. The van der Waals surface area contributed by atoms with E-state index in [1.807, 2.05) is 0 Å². The summed E-state index contributed by atoms with van der Waals surface area (Å²) in [6.45, 7) is 4.80. The van der Waals surface area contributed by atoms with Crippen molar-refractivity contribution >= 4 is 34.7 Å². The molecule has 1 aliphatic rings. The van der Waals surface area contributed by atoms with Crippen LogP contribution in [0.3, 0.4) is 0 Å². The molecule has 0 atom stereocenters. The normalized spacial score (nSPS) is 15.6. The van der Waals surface area contributed by atoms with Crippen LogP contribution in [0.2, 0.25) is 0 Å². The molecule has 2 aromatic heterocycles. The second kappa shape index (κ2) is 10.2. The highest BCUT2D eigenvalue weighted by Gasteiger charge is 2.44. The smallest absolute Gasteiger partial charge is 0.396 e. The minimum atomic E-state index is -4.75. The van der Waals surface area contributed by atoms with E-state index in [9.17, 15) is 27.6 Å². The number of aromatic nitrogens is 3. The van der Waals surface area contributed by atoms with Crippen molar-refractivity contribution in [2.45, 2.75) is 38.9 Å². The predicted octanol–water partition coefficient (Wildman–Crippen LogP) is 2.08. The molecule has 1 aliphatic heterocycles. The number of carbonyl (C=O) groups is 3. The number of fused-ring (bicyclic) bond motifs is 1. The van der Waals surface area contributed by atoms with Gasteiger partial charge in [-0.25, -0.2) is 9.50 Å². The Labute approximate surface area is 221 Å². The Morgan fingerprint density at radius 3 is 2.56 bits per heavy atom. The maximum atomic E-state index is 13.9. The van der Waals surface area contributed by atoms with Crippen LogP contribution >= 0.6 is 0 Å². The van der Waals surface area contributed by atoms with Crippen molar-refractivity contribution in [2.75, 3.05) is 36.9 Å². The third-order valence-corrected chi connectivity index (χ3v) is 6.71. The van der Waals surface area contributed by atoms with Crippen LogP contribution in [0.5, 0.6) is 0 Å². The summed E-state index contributed by atoms with van der Waals surface area (Å²) in [4.78, 5) is 45.3. The number of hydrogen-bond acceptors (Lipinski definition) is 7. The van der Waals surface area contributed by atoms with Gasteiger partial charge >= 0.3 is 6.18 Å². The summed E-state index contributed by atoms with van der Waals surface area (Å²) >= 11 is 0. The third-order valence-electron chi connectivity index (χ3n) is 6.71. The van der Waals surface area contributed by atoms with Crippen molar-refractivity contribution < 1.29 is 32.7 Å². The summed E-state index contributed by atoms with van der Waals surface area (Å²) in [5.41, 5.74) is 3.60. The number of aliphatic hydroxyl groups is 1. The molecule has 0 bridgehead atoms.